The van der Waals surface area contributed by atoms with Gasteiger partial charge in [0.15, 0.2) is 0 Å². The largest absolute Gasteiger partial charge is 0.382 e. The predicted molar refractivity (Wildman–Crippen MR) is 72.6 cm³/mol. The highest BCUT2D eigenvalue weighted by molar-refractivity contribution is 5.82. The molecule has 2 rings (SSSR count). The molecule has 0 saturated carbocycles. The summed E-state index contributed by atoms with van der Waals surface area (Å²) in [5.41, 5.74) is 2.53. The molecular weight excluding hydrogens is 210 g/mol. The quantitative estimate of drug-likeness (QED) is 0.870. The molecule has 0 radical (unpaired) electrons. The fourth-order valence-corrected chi connectivity index (χ4v) is 1.83. The summed E-state index contributed by atoms with van der Waals surface area (Å²) in [5.74, 6) is 0. The third-order valence-corrected chi connectivity index (χ3v) is 2.71. The average Bonchev–Trinajstić information content (AvgIpc) is 2.70. The summed E-state index contributed by atoms with van der Waals surface area (Å²) in [7, 11) is 6.13. The number of fused-ring (bicyclic) bond motifs is 1. The van der Waals surface area contributed by atoms with Crippen LogP contribution in [0.1, 0.15) is 5.56 Å². The van der Waals surface area contributed by atoms with Gasteiger partial charge in [-0.25, -0.2) is 0 Å². The van der Waals surface area contributed by atoms with Crippen LogP contribution in [0.4, 0.5) is 0 Å². The van der Waals surface area contributed by atoms with Gasteiger partial charge < -0.3 is 14.8 Å². The van der Waals surface area contributed by atoms with Crippen molar-refractivity contribution in [3.05, 3.63) is 48.4 Å². The summed E-state index contributed by atoms with van der Waals surface area (Å²) in [5, 5.41) is 1.30. The molecule has 0 aliphatic carbocycles. The van der Waals surface area contributed by atoms with Gasteiger partial charge in [-0.1, -0.05) is 18.2 Å². The Morgan fingerprint density at radius 2 is 1.88 bits per heavy atom. The van der Waals surface area contributed by atoms with Gasteiger partial charge in [-0.15, -0.1) is 0 Å². The number of H-pyrrole nitrogens is 1. The molecule has 0 aliphatic rings. The van der Waals surface area contributed by atoms with Gasteiger partial charge >= 0.3 is 0 Å². The van der Waals surface area contributed by atoms with E-state index < -0.39 is 0 Å². The third-order valence-electron chi connectivity index (χ3n) is 2.71. The fourth-order valence-electron chi connectivity index (χ4n) is 1.83. The van der Waals surface area contributed by atoms with E-state index in [2.05, 4.69) is 59.8 Å². The van der Waals surface area contributed by atoms with Gasteiger partial charge in [0.2, 0.25) is 0 Å². The van der Waals surface area contributed by atoms with Crippen LogP contribution in [0.2, 0.25) is 0 Å². The van der Waals surface area contributed by atoms with Crippen molar-refractivity contribution in [2.75, 3.05) is 21.1 Å². The van der Waals surface area contributed by atoms with E-state index in [1.165, 1.54) is 16.5 Å². The Morgan fingerprint density at radius 1 is 1.12 bits per heavy atom. The SMILES string of the molecule is CN(C)/C=C/N(C)Cc1c[nH]c2ccccc12. The van der Waals surface area contributed by atoms with E-state index in [0.717, 1.165) is 6.54 Å². The first-order valence-corrected chi connectivity index (χ1v) is 5.77. The molecule has 17 heavy (non-hydrogen) atoms. The standard InChI is InChI=1S/C14H19N3/c1-16(2)8-9-17(3)11-12-10-15-14-7-5-4-6-13(12)14/h4-10,15H,11H2,1-3H3/b9-8+. The van der Waals surface area contributed by atoms with Crippen LogP contribution in [-0.4, -0.2) is 35.9 Å². The predicted octanol–water partition coefficient (Wildman–Crippen LogP) is 2.63. The van der Waals surface area contributed by atoms with Gasteiger partial charge in [-0.05, 0) is 11.6 Å². The van der Waals surface area contributed by atoms with Crippen molar-refractivity contribution in [3.63, 3.8) is 0 Å². The molecule has 0 unspecified atom stereocenters. The molecule has 1 aromatic carbocycles. The highest BCUT2D eigenvalue weighted by atomic mass is 15.1. The number of nitrogens with one attached hydrogen (secondary N) is 1. The molecule has 1 heterocycles. The number of hydrogen-bond acceptors (Lipinski definition) is 2. The molecule has 0 saturated heterocycles. The van der Waals surface area contributed by atoms with Gasteiger partial charge in [0, 0.05) is 57.2 Å². The fraction of sp³-hybridized carbons (Fsp3) is 0.286. The summed E-state index contributed by atoms with van der Waals surface area (Å²) in [6.45, 7) is 0.911. The molecule has 0 fully saturated rings. The van der Waals surface area contributed by atoms with Gasteiger partial charge in [-0.2, -0.15) is 0 Å². The Kier molecular flexibility index (Phi) is 3.38. The number of nitrogens with zero attached hydrogens (tertiary/aromatic N) is 2. The lowest BCUT2D eigenvalue weighted by molar-refractivity contribution is 0.436. The number of para-hydroxylation sites is 1. The Bertz CT molecular complexity index is 511. The van der Waals surface area contributed by atoms with E-state index in [-0.39, 0.29) is 0 Å². The first-order valence-electron chi connectivity index (χ1n) is 5.77. The van der Waals surface area contributed by atoms with Crippen LogP contribution in [-0.2, 0) is 6.54 Å². The maximum atomic E-state index is 3.30. The van der Waals surface area contributed by atoms with Crippen molar-refractivity contribution in [1.82, 2.24) is 14.8 Å². The number of benzene rings is 1. The van der Waals surface area contributed by atoms with Crippen LogP contribution in [0.5, 0.6) is 0 Å². The maximum absolute atomic E-state index is 3.30. The van der Waals surface area contributed by atoms with Crippen LogP contribution in [0.25, 0.3) is 10.9 Å². The Labute approximate surface area is 102 Å². The van der Waals surface area contributed by atoms with Crippen LogP contribution in [0, 0.1) is 0 Å². The lowest BCUT2D eigenvalue weighted by Crippen LogP contribution is -2.12. The number of hydrogen-bond donors (Lipinski definition) is 1. The normalized spacial score (nSPS) is 11.2. The van der Waals surface area contributed by atoms with Crippen LogP contribution in [0.15, 0.2) is 42.9 Å². The van der Waals surface area contributed by atoms with Gasteiger partial charge in [0.25, 0.3) is 0 Å². The highest BCUT2D eigenvalue weighted by Gasteiger charge is 2.03. The highest BCUT2D eigenvalue weighted by Crippen LogP contribution is 2.18. The monoisotopic (exact) mass is 229 g/mol. The van der Waals surface area contributed by atoms with Crippen LogP contribution >= 0.6 is 0 Å². The molecule has 1 N–H and O–H groups in total. The minimum atomic E-state index is 0.911. The van der Waals surface area contributed by atoms with Gasteiger partial charge in [0.1, 0.15) is 0 Å². The van der Waals surface area contributed by atoms with Crippen LogP contribution < -0.4 is 0 Å². The molecule has 0 spiro atoms. The molecular formula is C14H19N3. The molecule has 90 valence electrons. The van der Waals surface area contributed by atoms with Gasteiger partial charge in [0.05, 0.1) is 0 Å². The van der Waals surface area contributed by atoms with Crippen LogP contribution in [0.3, 0.4) is 0 Å². The number of aromatic amines is 1. The number of aromatic nitrogens is 1. The molecule has 2 aromatic rings. The second-order valence-corrected chi connectivity index (χ2v) is 4.54. The first kappa shape index (κ1) is 11.6. The zero-order valence-electron chi connectivity index (χ0n) is 10.6. The summed E-state index contributed by atoms with van der Waals surface area (Å²) in [4.78, 5) is 7.51. The van der Waals surface area contributed by atoms with Crippen molar-refractivity contribution in [1.29, 1.82) is 0 Å². The molecule has 0 amide bonds. The molecule has 0 bridgehead atoms. The molecule has 0 aliphatic heterocycles. The lowest BCUT2D eigenvalue weighted by Gasteiger charge is -2.14. The zero-order valence-corrected chi connectivity index (χ0v) is 10.6. The Morgan fingerprint density at radius 3 is 2.65 bits per heavy atom. The Hall–Kier alpha value is -1.90. The molecule has 0 atom stereocenters. The van der Waals surface area contributed by atoms with E-state index in [9.17, 15) is 0 Å². The van der Waals surface area contributed by atoms with Crippen molar-refractivity contribution in [3.8, 4) is 0 Å². The maximum Gasteiger partial charge on any atom is 0.0457 e. The smallest absolute Gasteiger partial charge is 0.0457 e. The van der Waals surface area contributed by atoms with Gasteiger partial charge in [-0.3, -0.25) is 0 Å². The lowest BCUT2D eigenvalue weighted by atomic mass is 10.2. The van der Waals surface area contributed by atoms with E-state index in [0.29, 0.717) is 0 Å². The molecule has 3 nitrogen and oxygen atoms in total. The zero-order chi connectivity index (χ0) is 12.3. The minimum Gasteiger partial charge on any atom is -0.382 e. The summed E-state index contributed by atoms with van der Waals surface area (Å²) in [6, 6.07) is 8.40. The second kappa shape index (κ2) is 4.95. The minimum absolute atomic E-state index is 0.911. The van der Waals surface area contributed by atoms with E-state index in [4.69, 9.17) is 0 Å². The Balaban J connectivity index is 2.13. The van der Waals surface area contributed by atoms with Crippen molar-refractivity contribution < 1.29 is 0 Å². The van der Waals surface area contributed by atoms with Crippen molar-refractivity contribution in [2.45, 2.75) is 6.54 Å². The third kappa shape index (κ3) is 2.81. The van der Waals surface area contributed by atoms with Crippen molar-refractivity contribution in [2.24, 2.45) is 0 Å². The summed E-state index contributed by atoms with van der Waals surface area (Å²) in [6.07, 6.45) is 6.22. The first-order chi connectivity index (χ1) is 8.16. The summed E-state index contributed by atoms with van der Waals surface area (Å²) >= 11 is 0. The van der Waals surface area contributed by atoms with E-state index in [1.807, 2.05) is 19.0 Å². The molecule has 3 heteroatoms. The number of rotatable bonds is 4. The van der Waals surface area contributed by atoms with E-state index in [1.54, 1.807) is 0 Å². The average molecular weight is 229 g/mol. The second-order valence-electron chi connectivity index (χ2n) is 4.54. The van der Waals surface area contributed by atoms with Crippen molar-refractivity contribution >= 4 is 10.9 Å². The topological polar surface area (TPSA) is 22.3 Å². The van der Waals surface area contributed by atoms with E-state index >= 15 is 0 Å². The molecule has 1 aromatic heterocycles. The summed E-state index contributed by atoms with van der Waals surface area (Å²) < 4.78 is 0.